The van der Waals surface area contributed by atoms with Gasteiger partial charge in [-0.2, -0.15) is 0 Å². The van der Waals surface area contributed by atoms with Gasteiger partial charge in [0.15, 0.2) is 0 Å². The van der Waals surface area contributed by atoms with Gasteiger partial charge in [0.05, 0.1) is 0 Å². The summed E-state index contributed by atoms with van der Waals surface area (Å²) in [5, 5.41) is 2.93. The molecule has 110 valence electrons. The molecule has 0 bridgehead atoms. The molecule has 1 amide bonds. The van der Waals surface area contributed by atoms with Crippen molar-refractivity contribution in [1.29, 1.82) is 0 Å². The Hall–Kier alpha value is -1.89. The van der Waals surface area contributed by atoms with Gasteiger partial charge in [-0.3, -0.25) is 19.1 Å². The highest BCUT2D eigenvalue weighted by Gasteiger charge is 2.23. The van der Waals surface area contributed by atoms with Crippen LogP contribution in [0.1, 0.15) is 19.8 Å². The summed E-state index contributed by atoms with van der Waals surface area (Å²) in [6.45, 7) is 4.97. The fraction of sp³-hybridized carbons (Fsp3) is 0.615. The molecule has 0 saturated carbocycles. The molecule has 0 spiro atoms. The molecule has 20 heavy (non-hydrogen) atoms. The molecule has 1 atom stereocenters. The SMILES string of the molecule is CCCN1CC[C@H](NC(=O)Cn2ccc(=O)[nH]c2=O)C1. The van der Waals surface area contributed by atoms with E-state index in [2.05, 4.69) is 22.1 Å². The summed E-state index contributed by atoms with van der Waals surface area (Å²) >= 11 is 0. The molecule has 1 aliphatic rings. The summed E-state index contributed by atoms with van der Waals surface area (Å²) in [6.07, 6.45) is 3.37. The monoisotopic (exact) mass is 280 g/mol. The number of aromatic nitrogens is 2. The normalized spacial score (nSPS) is 19.1. The van der Waals surface area contributed by atoms with Crippen LogP contribution in [0.3, 0.4) is 0 Å². The molecule has 1 aliphatic heterocycles. The number of aromatic amines is 1. The van der Waals surface area contributed by atoms with E-state index >= 15 is 0 Å². The van der Waals surface area contributed by atoms with Gasteiger partial charge in [0.1, 0.15) is 6.54 Å². The lowest BCUT2D eigenvalue weighted by Gasteiger charge is -2.15. The molecule has 0 aliphatic carbocycles. The number of H-pyrrole nitrogens is 1. The summed E-state index contributed by atoms with van der Waals surface area (Å²) in [4.78, 5) is 38.7. The summed E-state index contributed by atoms with van der Waals surface area (Å²) in [5.41, 5.74) is -1.02. The molecule has 7 heteroatoms. The second-order valence-electron chi connectivity index (χ2n) is 5.09. The van der Waals surface area contributed by atoms with Crippen molar-refractivity contribution in [1.82, 2.24) is 19.8 Å². The van der Waals surface area contributed by atoms with Crippen LogP contribution < -0.4 is 16.6 Å². The van der Waals surface area contributed by atoms with Crippen molar-refractivity contribution in [2.45, 2.75) is 32.4 Å². The van der Waals surface area contributed by atoms with Gasteiger partial charge in [0.2, 0.25) is 5.91 Å². The lowest BCUT2D eigenvalue weighted by molar-refractivity contribution is -0.122. The summed E-state index contributed by atoms with van der Waals surface area (Å²) < 4.78 is 1.19. The standard InChI is InChI=1S/C13H20N4O3/c1-2-5-16-6-3-10(8-16)14-12(19)9-17-7-4-11(18)15-13(17)20/h4,7,10H,2-3,5-6,8-9H2,1H3,(H,14,19)(H,15,18,20)/t10-/m0/s1. The predicted octanol–water partition coefficient (Wildman–Crippen LogP) is -0.863. The van der Waals surface area contributed by atoms with E-state index in [4.69, 9.17) is 0 Å². The molecule has 0 radical (unpaired) electrons. The number of rotatable bonds is 5. The van der Waals surface area contributed by atoms with E-state index in [1.54, 1.807) is 0 Å². The number of carbonyl (C=O) groups is 1. The van der Waals surface area contributed by atoms with Crippen molar-refractivity contribution in [3.8, 4) is 0 Å². The third-order valence-corrected chi connectivity index (χ3v) is 3.39. The second-order valence-corrected chi connectivity index (χ2v) is 5.09. The topological polar surface area (TPSA) is 87.2 Å². The zero-order valence-electron chi connectivity index (χ0n) is 11.6. The Labute approximate surface area is 116 Å². The fourth-order valence-electron chi connectivity index (χ4n) is 2.47. The number of nitrogens with zero attached hydrogens (tertiary/aromatic N) is 2. The van der Waals surface area contributed by atoms with Crippen LogP contribution in [0.2, 0.25) is 0 Å². The minimum absolute atomic E-state index is 0.0696. The van der Waals surface area contributed by atoms with Crippen LogP contribution >= 0.6 is 0 Å². The Morgan fingerprint density at radius 1 is 1.50 bits per heavy atom. The maximum Gasteiger partial charge on any atom is 0.328 e. The van der Waals surface area contributed by atoms with Crippen LogP contribution in [-0.4, -0.2) is 46.0 Å². The zero-order chi connectivity index (χ0) is 14.5. The van der Waals surface area contributed by atoms with Crippen LogP contribution in [0.5, 0.6) is 0 Å². The van der Waals surface area contributed by atoms with Gasteiger partial charge in [0.25, 0.3) is 5.56 Å². The van der Waals surface area contributed by atoms with E-state index in [0.717, 1.165) is 32.5 Å². The van der Waals surface area contributed by atoms with Gasteiger partial charge in [-0.15, -0.1) is 0 Å². The smallest absolute Gasteiger partial charge is 0.328 e. The number of amides is 1. The molecule has 1 aromatic rings. The van der Waals surface area contributed by atoms with Crippen LogP contribution in [0.15, 0.2) is 21.9 Å². The van der Waals surface area contributed by atoms with Gasteiger partial charge in [-0.25, -0.2) is 4.79 Å². The van der Waals surface area contributed by atoms with Crippen LogP contribution in [0, 0.1) is 0 Å². The van der Waals surface area contributed by atoms with Crippen LogP contribution in [0.4, 0.5) is 0 Å². The Kier molecular flexibility index (Phi) is 4.73. The average Bonchev–Trinajstić information content (AvgIpc) is 2.81. The number of carbonyl (C=O) groups excluding carboxylic acids is 1. The van der Waals surface area contributed by atoms with Crippen molar-refractivity contribution in [3.05, 3.63) is 33.1 Å². The molecule has 7 nitrogen and oxygen atoms in total. The van der Waals surface area contributed by atoms with Crippen molar-refractivity contribution in [2.75, 3.05) is 19.6 Å². The van der Waals surface area contributed by atoms with Gasteiger partial charge >= 0.3 is 5.69 Å². The van der Waals surface area contributed by atoms with Crippen molar-refractivity contribution in [3.63, 3.8) is 0 Å². The minimum Gasteiger partial charge on any atom is -0.350 e. The van der Waals surface area contributed by atoms with E-state index < -0.39 is 11.2 Å². The molecule has 0 aromatic carbocycles. The number of likely N-dealkylation sites (tertiary alicyclic amines) is 1. The summed E-state index contributed by atoms with van der Waals surface area (Å²) in [7, 11) is 0. The largest absolute Gasteiger partial charge is 0.350 e. The fourth-order valence-corrected chi connectivity index (χ4v) is 2.47. The lowest BCUT2D eigenvalue weighted by atomic mass is 10.2. The molecular weight excluding hydrogens is 260 g/mol. The molecule has 0 unspecified atom stereocenters. The van der Waals surface area contributed by atoms with E-state index in [9.17, 15) is 14.4 Å². The zero-order valence-corrected chi connectivity index (χ0v) is 11.6. The minimum atomic E-state index is -0.563. The van der Waals surface area contributed by atoms with E-state index in [1.165, 1.54) is 16.8 Å². The van der Waals surface area contributed by atoms with E-state index in [-0.39, 0.29) is 18.5 Å². The third kappa shape index (κ3) is 3.80. The van der Waals surface area contributed by atoms with Crippen molar-refractivity contribution in [2.24, 2.45) is 0 Å². The first-order valence-electron chi connectivity index (χ1n) is 6.90. The molecule has 2 N–H and O–H groups in total. The van der Waals surface area contributed by atoms with E-state index in [1.807, 2.05) is 0 Å². The van der Waals surface area contributed by atoms with Gasteiger partial charge < -0.3 is 10.2 Å². The summed E-state index contributed by atoms with van der Waals surface area (Å²) in [5.74, 6) is -0.206. The first-order chi connectivity index (χ1) is 9.58. The van der Waals surface area contributed by atoms with Crippen molar-refractivity contribution < 1.29 is 4.79 Å². The third-order valence-electron chi connectivity index (χ3n) is 3.39. The van der Waals surface area contributed by atoms with Crippen LogP contribution in [0.25, 0.3) is 0 Å². The van der Waals surface area contributed by atoms with Crippen molar-refractivity contribution >= 4 is 5.91 Å². The van der Waals surface area contributed by atoms with Gasteiger partial charge in [-0.1, -0.05) is 6.92 Å². The van der Waals surface area contributed by atoms with E-state index in [0.29, 0.717) is 0 Å². The second kappa shape index (κ2) is 6.51. The molecule has 1 saturated heterocycles. The highest BCUT2D eigenvalue weighted by Crippen LogP contribution is 2.09. The number of hydrogen-bond donors (Lipinski definition) is 2. The molecule has 1 fully saturated rings. The maximum atomic E-state index is 11.9. The summed E-state index contributed by atoms with van der Waals surface area (Å²) in [6, 6.07) is 1.38. The predicted molar refractivity (Wildman–Crippen MR) is 74.6 cm³/mol. The Morgan fingerprint density at radius 3 is 3.00 bits per heavy atom. The van der Waals surface area contributed by atoms with Crippen LogP contribution in [-0.2, 0) is 11.3 Å². The first-order valence-corrected chi connectivity index (χ1v) is 6.90. The van der Waals surface area contributed by atoms with Gasteiger partial charge in [0, 0.05) is 31.4 Å². The molecule has 1 aromatic heterocycles. The highest BCUT2D eigenvalue weighted by molar-refractivity contribution is 5.76. The molecular formula is C13H20N4O3. The molecule has 2 rings (SSSR count). The number of hydrogen-bond acceptors (Lipinski definition) is 4. The average molecular weight is 280 g/mol. The highest BCUT2D eigenvalue weighted by atomic mass is 16.2. The Bertz CT molecular complexity index is 577. The van der Waals surface area contributed by atoms with Gasteiger partial charge in [-0.05, 0) is 19.4 Å². The first kappa shape index (κ1) is 14.5. The maximum absolute atomic E-state index is 11.9. The number of nitrogens with one attached hydrogen (secondary N) is 2. The Morgan fingerprint density at radius 2 is 2.30 bits per heavy atom. The Balaban J connectivity index is 1.87. The quantitative estimate of drug-likeness (QED) is 0.734. The lowest BCUT2D eigenvalue weighted by Crippen LogP contribution is -2.41. The molecule has 2 heterocycles.